The third-order valence-corrected chi connectivity index (χ3v) is 6.97. The highest BCUT2D eigenvalue weighted by molar-refractivity contribution is 8.13. The predicted molar refractivity (Wildman–Crippen MR) is 83.8 cm³/mol. The van der Waals surface area contributed by atoms with Crippen LogP contribution in [0.25, 0.3) is 0 Å². The maximum Gasteiger partial charge on any atom is 0.156 e. The molecule has 0 aromatic heterocycles. The molecule has 2 aliphatic heterocycles. The summed E-state index contributed by atoms with van der Waals surface area (Å²) in [7, 11) is 0. The van der Waals surface area contributed by atoms with Gasteiger partial charge in [-0.25, -0.2) is 0 Å². The number of amidine groups is 1. The first kappa shape index (κ1) is 13.2. The molecule has 0 aromatic rings. The van der Waals surface area contributed by atoms with Crippen molar-refractivity contribution in [3.63, 3.8) is 0 Å². The Morgan fingerprint density at radius 2 is 2.06 bits per heavy atom. The van der Waals surface area contributed by atoms with E-state index in [0.29, 0.717) is 11.5 Å². The van der Waals surface area contributed by atoms with Crippen LogP contribution in [0.4, 0.5) is 0 Å². The Bertz CT molecular complexity index is 305. The van der Waals surface area contributed by atoms with Crippen LogP contribution in [0.3, 0.4) is 0 Å². The van der Waals surface area contributed by atoms with Crippen LogP contribution in [-0.4, -0.2) is 35.0 Å². The van der Waals surface area contributed by atoms with E-state index >= 15 is 0 Å². The number of rotatable bonds is 1. The third kappa shape index (κ3) is 3.19. The fourth-order valence-electron chi connectivity index (χ4n) is 3.27. The normalized spacial score (nSPS) is 32.0. The van der Waals surface area contributed by atoms with Gasteiger partial charge in [0.1, 0.15) is 0 Å². The fraction of sp³-hybridized carbons (Fsp3) is 0.929. The Balaban J connectivity index is 1.52. The minimum atomic E-state index is 0.565. The number of hydrogen-bond acceptors (Lipinski definition) is 4. The molecular formula is C14H24N2S2. The number of aliphatic imine (C=N–C) groups is 1. The van der Waals surface area contributed by atoms with Crippen molar-refractivity contribution in [3.05, 3.63) is 0 Å². The standard InChI is InChI=1S/C14H24N2S2/c1-2-6-14(7-3-1)10-15-13(18-11-14)16-12-5-4-8-17-9-12/h12H,1-11H2,(H,15,16). The van der Waals surface area contributed by atoms with E-state index in [-0.39, 0.29) is 0 Å². The second kappa shape index (κ2) is 6.08. The SMILES string of the molecule is C1CCC2(CC1)CN=C(NC1CCCSC1)SC2. The van der Waals surface area contributed by atoms with E-state index in [9.17, 15) is 0 Å². The molecular weight excluding hydrogens is 260 g/mol. The molecule has 0 amide bonds. The highest BCUT2D eigenvalue weighted by atomic mass is 32.2. The Kier molecular flexibility index (Phi) is 4.45. The zero-order valence-corrected chi connectivity index (χ0v) is 12.8. The van der Waals surface area contributed by atoms with Gasteiger partial charge in [-0.2, -0.15) is 11.8 Å². The van der Waals surface area contributed by atoms with E-state index in [1.807, 2.05) is 11.8 Å². The van der Waals surface area contributed by atoms with Crippen molar-refractivity contribution in [2.45, 2.75) is 51.0 Å². The topological polar surface area (TPSA) is 24.4 Å². The van der Waals surface area contributed by atoms with Crippen LogP contribution in [-0.2, 0) is 0 Å². The summed E-state index contributed by atoms with van der Waals surface area (Å²) in [5.41, 5.74) is 0.565. The van der Waals surface area contributed by atoms with Crippen molar-refractivity contribution in [2.75, 3.05) is 23.8 Å². The summed E-state index contributed by atoms with van der Waals surface area (Å²) in [5, 5.41) is 4.91. The molecule has 18 heavy (non-hydrogen) atoms. The minimum absolute atomic E-state index is 0.565. The summed E-state index contributed by atoms with van der Waals surface area (Å²) in [6, 6.07) is 0.676. The lowest BCUT2D eigenvalue weighted by Crippen LogP contribution is -2.42. The summed E-state index contributed by atoms with van der Waals surface area (Å²) in [5.74, 6) is 3.92. The van der Waals surface area contributed by atoms with Crippen LogP contribution in [0.5, 0.6) is 0 Å². The molecule has 4 heteroatoms. The third-order valence-electron chi connectivity index (χ3n) is 4.48. The molecule has 2 fully saturated rings. The summed E-state index contributed by atoms with van der Waals surface area (Å²) in [6.07, 6.45) is 9.82. The summed E-state index contributed by atoms with van der Waals surface area (Å²) in [4.78, 5) is 4.86. The molecule has 1 spiro atoms. The summed E-state index contributed by atoms with van der Waals surface area (Å²) >= 11 is 4.08. The van der Waals surface area contributed by atoms with Gasteiger partial charge in [0.15, 0.2) is 5.17 Å². The smallest absolute Gasteiger partial charge is 0.156 e. The summed E-state index contributed by atoms with van der Waals surface area (Å²) in [6.45, 7) is 1.09. The van der Waals surface area contributed by atoms with Gasteiger partial charge in [-0.15, -0.1) is 0 Å². The second-order valence-electron chi connectivity index (χ2n) is 6.03. The van der Waals surface area contributed by atoms with Crippen molar-refractivity contribution in [3.8, 4) is 0 Å². The van der Waals surface area contributed by atoms with Crippen molar-refractivity contribution in [1.82, 2.24) is 5.32 Å². The average molecular weight is 284 g/mol. The highest BCUT2D eigenvalue weighted by Gasteiger charge is 2.35. The predicted octanol–water partition coefficient (Wildman–Crippen LogP) is 3.52. The molecule has 0 aromatic carbocycles. The lowest BCUT2D eigenvalue weighted by molar-refractivity contribution is 0.232. The van der Waals surface area contributed by atoms with Crippen molar-refractivity contribution >= 4 is 28.7 Å². The largest absolute Gasteiger partial charge is 0.361 e. The first-order chi connectivity index (χ1) is 8.86. The van der Waals surface area contributed by atoms with E-state index < -0.39 is 0 Å². The van der Waals surface area contributed by atoms with Crippen LogP contribution in [0, 0.1) is 5.41 Å². The van der Waals surface area contributed by atoms with Crippen LogP contribution >= 0.6 is 23.5 Å². The first-order valence-corrected chi connectivity index (χ1v) is 9.52. The van der Waals surface area contributed by atoms with Gasteiger partial charge in [0.05, 0.1) is 0 Å². The van der Waals surface area contributed by atoms with Crippen molar-refractivity contribution in [2.24, 2.45) is 10.4 Å². The first-order valence-electron chi connectivity index (χ1n) is 7.38. The second-order valence-corrected chi connectivity index (χ2v) is 8.14. The zero-order chi connectivity index (χ0) is 12.3. The number of nitrogens with one attached hydrogen (secondary N) is 1. The van der Waals surface area contributed by atoms with Crippen molar-refractivity contribution < 1.29 is 0 Å². The highest BCUT2D eigenvalue weighted by Crippen LogP contribution is 2.41. The molecule has 1 saturated heterocycles. The van der Waals surface area contributed by atoms with Crippen LogP contribution in [0.1, 0.15) is 44.9 Å². The molecule has 1 unspecified atom stereocenters. The van der Waals surface area contributed by atoms with Gasteiger partial charge in [-0.3, -0.25) is 4.99 Å². The molecule has 2 heterocycles. The average Bonchev–Trinajstić information content (AvgIpc) is 2.44. The number of nitrogens with zero attached hydrogens (tertiary/aromatic N) is 1. The monoisotopic (exact) mass is 284 g/mol. The summed E-state index contributed by atoms with van der Waals surface area (Å²) < 4.78 is 0. The lowest BCUT2D eigenvalue weighted by atomic mass is 9.75. The maximum atomic E-state index is 4.86. The number of thioether (sulfide) groups is 2. The maximum absolute atomic E-state index is 4.86. The van der Waals surface area contributed by atoms with Gasteiger partial charge in [-0.05, 0) is 36.9 Å². The molecule has 1 aliphatic carbocycles. The van der Waals surface area contributed by atoms with E-state index in [1.54, 1.807) is 0 Å². The van der Waals surface area contributed by atoms with E-state index in [1.165, 1.54) is 67.4 Å². The van der Waals surface area contributed by atoms with Crippen LogP contribution in [0.15, 0.2) is 4.99 Å². The molecule has 0 radical (unpaired) electrons. The van der Waals surface area contributed by atoms with Crippen LogP contribution in [0.2, 0.25) is 0 Å². The molecule has 1 saturated carbocycles. The Labute approximate surface area is 119 Å². The minimum Gasteiger partial charge on any atom is -0.361 e. The van der Waals surface area contributed by atoms with Gasteiger partial charge in [0.2, 0.25) is 0 Å². The van der Waals surface area contributed by atoms with E-state index in [2.05, 4.69) is 17.1 Å². The fourth-order valence-corrected chi connectivity index (χ4v) is 5.57. The van der Waals surface area contributed by atoms with Gasteiger partial charge in [0, 0.05) is 24.1 Å². The molecule has 3 rings (SSSR count). The van der Waals surface area contributed by atoms with Crippen LogP contribution < -0.4 is 5.32 Å². The molecule has 3 aliphatic rings. The van der Waals surface area contributed by atoms with Gasteiger partial charge >= 0.3 is 0 Å². The van der Waals surface area contributed by atoms with Gasteiger partial charge in [-0.1, -0.05) is 31.0 Å². The molecule has 102 valence electrons. The van der Waals surface area contributed by atoms with Gasteiger partial charge in [0.25, 0.3) is 0 Å². The number of hydrogen-bond donors (Lipinski definition) is 1. The molecule has 2 nitrogen and oxygen atoms in total. The molecule has 1 atom stereocenters. The van der Waals surface area contributed by atoms with E-state index in [0.717, 1.165) is 6.54 Å². The molecule has 1 N–H and O–H groups in total. The molecule has 0 bridgehead atoms. The van der Waals surface area contributed by atoms with Gasteiger partial charge < -0.3 is 5.32 Å². The lowest BCUT2D eigenvalue weighted by Gasteiger charge is -2.39. The Morgan fingerprint density at radius 3 is 2.72 bits per heavy atom. The zero-order valence-electron chi connectivity index (χ0n) is 11.1. The van der Waals surface area contributed by atoms with E-state index in [4.69, 9.17) is 4.99 Å². The quantitative estimate of drug-likeness (QED) is 0.797. The Hall–Kier alpha value is 0.170. The van der Waals surface area contributed by atoms with Crippen molar-refractivity contribution in [1.29, 1.82) is 0 Å². The Morgan fingerprint density at radius 1 is 1.17 bits per heavy atom.